The molecule has 0 aromatic rings. The highest BCUT2D eigenvalue weighted by atomic mass is 16.1. The number of hydrogen-bond acceptors (Lipinski definition) is 1. The summed E-state index contributed by atoms with van der Waals surface area (Å²) in [7, 11) is 0. The maximum Gasteiger partial charge on any atom is 0.142 e. The molecule has 0 bridgehead atoms. The quantitative estimate of drug-likeness (QED) is 0.318. The van der Waals surface area contributed by atoms with Crippen molar-refractivity contribution >= 4 is 6.29 Å². The molecule has 0 atom stereocenters. The first-order chi connectivity index (χ1) is 4.31. The van der Waals surface area contributed by atoms with E-state index in [4.69, 9.17) is 0 Å². The minimum absolute atomic E-state index is 0.818. The Morgan fingerprint density at radius 2 is 2.33 bits per heavy atom. The van der Waals surface area contributed by atoms with Crippen molar-refractivity contribution in [2.75, 3.05) is 0 Å². The Hall–Kier alpha value is -0.850. The van der Waals surface area contributed by atoms with Crippen LogP contribution in [-0.4, -0.2) is 6.29 Å². The van der Waals surface area contributed by atoms with Gasteiger partial charge in [0.2, 0.25) is 0 Å². The highest BCUT2D eigenvalue weighted by Gasteiger charge is 1.83. The zero-order valence-corrected chi connectivity index (χ0v) is 5.76. The van der Waals surface area contributed by atoms with E-state index in [-0.39, 0.29) is 0 Å². The molecule has 9 heavy (non-hydrogen) atoms. The number of carbonyl (C=O) groups is 1. The molecule has 50 valence electrons. The predicted octanol–water partition coefficient (Wildman–Crippen LogP) is 2.10. The van der Waals surface area contributed by atoms with Gasteiger partial charge in [-0.1, -0.05) is 11.6 Å². The lowest BCUT2D eigenvalue weighted by atomic mass is 10.1. The lowest BCUT2D eigenvalue weighted by Crippen LogP contribution is -1.75. The fourth-order valence-corrected chi connectivity index (χ4v) is 0.529. The van der Waals surface area contributed by atoms with Crippen molar-refractivity contribution in [1.82, 2.24) is 0 Å². The summed E-state index contributed by atoms with van der Waals surface area (Å²) in [5, 5.41) is 0. The standard InChI is InChI=1S/C8H12O/c1-3-4-5-8(2)6-7-9/h3,6-7H,1,4-5H2,2H3/b8-6+. The van der Waals surface area contributed by atoms with Gasteiger partial charge in [0.15, 0.2) is 0 Å². The topological polar surface area (TPSA) is 17.1 Å². The summed E-state index contributed by atoms with van der Waals surface area (Å²) in [6.45, 7) is 5.52. The first kappa shape index (κ1) is 8.15. The van der Waals surface area contributed by atoms with Crippen molar-refractivity contribution < 1.29 is 4.79 Å². The molecule has 0 unspecified atom stereocenters. The van der Waals surface area contributed by atoms with Crippen molar-refractivity contribution in [1.29, 1.82) is 0 Å². The van der Waals surface area contributed by atoms with Gasteiger partial charge < -0.3 is 0 Å². The lowest BCUT2D eigenvalue weighted by Gasteiger charge is -1.91. The summed E-state index contributed by atoms with van der Waals surface area (Å²) >= 11 is 0. The second-order valence-corrected chi connectivity index (χ2v) is 1.98. The summed E-state index contributed by atoms with van der Waals surface area (Å²) in [5.41, 5.74) is 1.12. The molecule has 0 saturated heterocycles. The van der Waals surface area contributed by atoms with Crippen LogP contribution in [0.1, 0.15) is 19.8 Å². The molecule has 0 aliphatic carbocycles. The Morgan fingerprint density at radius 3 is 2.78 bits per heavy atom. The highest BCUT2D eigenvalue weighted by molar-refractivity contribution is 5.65. The van der Waals surface area contributed by atoms with E-state index < -0.39 is 0 Å². The summed E-state index contributed by atoms with van der Waals surface area (Å²) < 4.78 is 0. The highest BCUT2D eigenvalue weighted by Crippen LogP contribution is 2.01. The monoisotopic (exact) mass is 124 g/mol. The van der Waals surface area contributed by atoms with Crippen LogP contribution in [0.2, 0.25) is 0 Å². The van der Waals surface area contributed by atoms with Crippen LogP contribution in [0.25, 0.3) is 0 Å². The van der Waals surface area contributed by atoms with Gasteiger partial charge in [0.1, 0.15) is 6.29 Å². The van der Waals surface area contributed by atoms with Gasteiger partial charge in [0.05, 0.1) is 0 Å². The lowest BCUT2D eigenvalue weighted by molar-refractivity contribution is -0.104. The van der Waals surface area contributed by atoms with Gasteiger partial charge in [-0.15, -0.1) is 6.58 Å². The number of carbonyl (C=O) groups excluding carboxylic acids is 1. The van der Waals surface area contributed by atoms with E-state index in [2.05, 4.69) is 6.58 Å². The van der Waals surface area contributed by atoms with Crippen molar-refractivity contribution in [3.8, 4) is 0 Å². The SMILES string of the molecule is C=CCC/C(C)=C/C=O. The van der Waals surface area contributed by atoms with Crippen LogP contribution in [0, 0.1) is 0 Å². The largest absolute Gasteiger partial charge is 0.299 e. The van der Waals surface area contributed by atoms with E-state index in [0.29, 0.717) is 0 Å². The molecule has 0 N–H and O–H groups in total. The minimum atomic E-state index is 0.818. The van der Waals surface area contributed by atoms with Crippen LogP contribution >= 0.6 is 0 Å². The Morgan fingerprint density at radius 1 is 1.67 bits per heavy atom. The van der Waals surface area contributed by atoms with Crippen LogP contribution in [0.4, 0.5) is 0 Å². The van der Waals surface area contributed by atoms with Crippen molar-refractivity contribution in [3.05, 3.63) is 24.3 Å². The fraction of sp³-hybridized carbons (Fsp3) is 0.375. The average molecular weight is 124 g/mol. The molecule has 1 nitrogen and oxygen atoms in total. The van der Waals surface area contributed by atoms with E-state index in [1.54, 1.807) is 6.08 Å². The Kier molecular flexibility index (Phi) is 4.79. The van der Waals surface area contributed by atoms with E-state index in [0.717, 1.165) is 24.7 Å². The van der Waals surface area contributed by atoms with Crippen molar-refractivity contribution in [2.24, 2.45) is 0 Å². The van der Waals surface area contributed by atoms with E-state index >= 15 is 0 Å². The maximum atomic E-state index is 9.88. The molecular formula is C8H12O. The molecule has 1 heteroatoms. The van der Waals surface area contributed by atoms with Gasteiger partial charge in [-0.2, -0.15) is 0 Å². The van der Waals surface area contributed by atoms with E-state index in [1.165, 1.54) is 0 Å². The molecule has 0 aromatic heterocycles. The van der Waals surface area contributed by atoms with Crippen LogP contribution in [0.5, 0.6) is 0 Å². The fourth-order valence-electron chi connectivity index (χ4n) is 0.529. The van der Waals surface area contributed by atoms with Crippen LogP contribution < -0.4 is 0 Å². The molecule has 0 aliphatic heterocycles. The molecule has 0 rings (SSSR count). The maximum absolute atomic E-state index is 9.88. The molecule has 0 amide bonds. The first-order valence-corrected chi connectivity index (χ1v) is 3.03. The summed E-state index contributed by atoms with van der Waals surface area (Å²) in [6, 6.07) is 0. The molecule has 0 aromatic carbocycles. The summed E-state index contributed by atoms with van der Waals surface area (Å²) in [4.78, 5) is 9.88. The smallest absolute Gasteiger partial charge is 0.142 e. The Balaban J connectivity index is 3.47. The molecule has 0 radical (unpaired) electrons. The van der Waals surface area contributed by atoms with Gasteiger partial charge in [-0.05, 0) is 25.8 Å². The second-order valence-electron chi connectivity index (χ2n) is 1.98. The number of allylic oxidation sites excluding steroid dienone is 3. The molecule has 0 aliphatic rings. The van der Waals surface area contributed by atoms with E-state index in [1.807, 2.05) is 13.0 Å². The number of hydrogen-bond donors (Lipinski definition) is 0. The Bertz CT molecular complexity index is 123. The van der Waals surface area contributed by atoms with Gasteiger partial charge in [-0.3, -0.25) is 4.79 Å². The zero-order chi connectivity index (χ0) is 7.11. The zero-order valence-electron chi connectivity index (χ0n) is 5.76. The third-order valence-electron chi connectivity index (χ3n) is 1.10. The number of aldehydes is 1. The van der Waals surface area contributed by atoms with Gasteiger partial charge in [0, 0.05) is 0 Å². The van der Waals surface area contributed by atoms with Crippen molar-refractivity contribution in [3.63, 3.8) is 0 Å². The molecular weight excluding hydrogens is 112 g/mol. The second kappa shape index (κ2) is 5.29. The van der Waals surface area contributed by atoms with Gasteiger partial charge in [0.25, 0.3) is 0 Å². The van der Waals surface area contributed by atoms with Gasteiger partial charge >= 0.3 is 0 Å². The minimum Gasteiger partial charge on any atom is -0.299 e. The predicted molar refractivity (Wildman–Crippen MR) is 39.3 cm³/mol. The van der Waals surface area contributed by atoms with Crippen LogP contribution in [0.3, 0.4) is 0 Å². The van der Waals surface area contributed by atoms with Gasteiger partial charge in [-0.25, -0.2) is 0 Å². The molecule has 0 spiro atoms. The third-order valence-corrected chi connectivity index (χ3v) is 1.10. The molecule has 0 heterocycles. The molecule has 0 saturated carbocycles. The van der Waals surface area contributed by atoms with Crippen LogP contribution in [-0.2, 0) is 4.79 Å². The normalized spacial score (nSPS) is 11.0. The average Bonchev–Trinajstić information content (AvgIpc) is 1.85. The van der Waals surface area contributed by atoms with Crippen molar-refractivity contribution in [2.45, 2.75) is 19.8 Å². The third kappa shape index (κ3) is 5.01. The molecule has 0 fully saturated rings. The first-order valence-electron chi connectivity index (χ1n) is 3.03. The van der Waals surface area contributed by atoms with Crippen LogP contribution in [0.15, 0.2) is 24.3 Å². The summed E-state index contributed by atoms with van der Waals surface area (Å²) in [5.74, 6) is 0. The Labute approximate surface area is 56.1 Å². The number of rotatable bonds is 4. The van der Waals surface area contributed by atoms with E-state index in [9.17, 15) is 4.79 Å². The summed E-state index contributed by atoms with van der Waals surface area (Å²) in [6.07, 6.45) is 6.16.